The Hall–Kier alpha value is -0.450. The molecule has 1 rings (SSSR count). The van der Waals surface area contributed by atoms with Crippen LogP contribution in [0.4, 0.5) is 0 Å². The Morgan fingerprint density at radius 2 is 2.06 bits per heavy atom. The predicted molar refractivity (Wildman–Crippen MR) is 74.1 cm³/mol. The quantitative estimate of drug-likeness (QED) is 0.460. The molecule has 0 spiro atoms. The monoisotopic (exact) mass is 256 g/mol. The Kier molecular flexibility index (Phi) is 5.95. The van der Waals surface area contributed by atoms with E-state index in [0.717, 1.165) is 20.9 Å². The summed E-state index contributed by atoms with van der Waals surface area (Å²) >= 11 is 0. The van der Waals surface area contributed by atoms with Crippen LogP contribution in [-0.2, 0) is 4.79 Å². The van der Waals surface area contributed by atoms with Gasteiger partial charge in [0.2, 0.25) is 0 Å². The van der Waals surface area contributed by atoms with Crippen LogP contribution in [0.3, 0.4) is 0 Å². The molecule has 3 unspecified atom stereocenters. The minimum Gasteiger partial charge on any atom is -0.426 e. The Morgan fingerprint density at radius 3 is 2.56 bits per heavy atom. The van der Waals surface area contributed by atoms with Crippen molar-refractivity contribution < 1.29 is 9.53 Å². The SMILES string of the molecule is CCC(C)C(=O)Oc1ccc(PCP)cc1. The first-order valence-corrected chi connectivity index (χ1v) is 7.45. The molecule has 0 N–H and O–H groups in total. The van der Waals surface area contributed by atoms with Gasteiger partial charge >= 0.3 is 5.97 Å². The fourth-order valence-corrected chi connectivity index (χ4v) is 2.49. The first-order chi connectivity index (χ1) is 7.67. The summed E-state index contributed by atoms with van der Waals surface area (Å²) in [7, 11) is 3.51. The van der Waals surface area contributed by atoms with Gasteiger partial charge in [-0.2, -0.15) is 0 Å². The van der Waals surface area contributed by atoms with E-state index in [2.05, 4.69) is 9.24 Å². The highest BCUT2D eigenvalue weighted by molar-refractivity contribution is 7.55. The lowest BCUT2D eigenvalue weighted by atomic mass is 10.1. The number of esters is 1. The molecule has 0 saturated heterocycles. The molecule has 0 fully saturated rings. The first-order valence-electron chi connectivity index (χ1n) is 5.43. The second kappa shape index (κ2) is 6.99. The van der Waals surface area contributed by atoms with Crippen LogP contribution >= 0.6 is 17.8 Å². The number of carbonyl (C=O) groups is 1. The average molecular weight is 256 g/mol. The molecular formula is C12H18O2P2. The van der Waals surface area contributed by atoms with E-state index in [-0.39, 0.29) is 11.9 Å². The number of ether oxygens (including phenoxy) is 1. The summed E-state index contributed by atoms with van der Waals surface area (Å²) in [5.74, 6) is 1.53. The highest BCUT2D eigenvalue weighted by atomic mass is 31.1. The third-order valence-corrected chi connectivity index (χ3v) is 3.95. The third kappa shape index (κ3) is 4.20. The van der Waals surface area contributed by atoms with Crippen LogP contribution in [0.25, 0.3) is 0 Å². The van der Waals surface area contributed by atoms with E-state index in [1.165, 1.54) is 5.30 Å². The molecule has 0 aromatic heterocycles. The maximum atomic E-state index is 11.5. The summed E-state index contributed by atoms with van der Waals surface area (Å²) < 4.78 is 5.26. The summed E-state index contributed by atoms with van der Waals surface area (Å²) in [6.07, 6.45) is 0.811. The van der Waals surface area contributed by atoms with Crippen molar-refractivity contribution in [3.8, 4) is 5.75 Å². The van der Waals surface area contributed by atoms with E-state index in [0.29, 0.717) is 5.75 Å². The third-order valence-electron chi connectivity index (χ3n) is 2.39. The number of benzene rings is 1. The van der Waals surface area contributed by atoms with Crippen molar-refractivity contribution in [1.82, 2.24) is 0 Å². The van der Waals surface area contributed by atoms with Crippen molar-refractivity contribution in [1.29, 1.82) is 0 Å². The molecule has 0 saturated carbocycles. The van der Waals surface area contributed by atoms with Gasteiger partial charge in [-0.25, -0.2) is 0 Å². The van der Waals surface area contributed by atoms with Gasteiger partial charge in [0.25, 0.3) is 0 Å². The minimum absolute atomic E-state index is 0.0337. The van der Waals surface area contributed by atoms with E-state index in [1.807, 2.05) is 38.1 Å². The highest BCUT2D eigenvalue weighted by Crippen LogP contribution is 2.17. The lowest BCUT2D eigenvalue weighted by molar-refractivity contribution is -0.138. The first kappa shape index (κ1) is 13.6. The van der Waals surface area contributed by atoms with Crippen LogP contribution in [0.15, 0.2) is 24.3 Å². The lowest BCUT2D eigenvalue weighted by Gasteiger charge is -2.09. The van der Waals surface area contributed by atoms with Crippen LogP contribution < -0.4 is 10.0 Å². The fourth-order valence-electron chi connectivity index (χ4n) is 1.14. The summed E-state index contributed by atoms with van der Waals surface area (Å²) in [4.78, 5) is 11.5. The minimum atomic E-state index is -0.149. The fraction of sp³-hybridized carbons (Fsp3) is 0.417. The Bertz CT molecular complexity index is 335. The molecular weight excluding hydrogens is 238 g/mol. The van der Waals surface area contributed by atoms with Crippen LogP contribution in [0, 0.1) is 5.92 Å². The van der Waals surface area contributed by atoms with Crippen LogP contribution in [-0.4, -0.2) is 11.9 Å². The summed E-state index contributed by atoms with van der Waals surface area (Å²) in [5.41, 5.74) is 0. The smallest absolute Gasteiger partial charge is 0.314 e. The van der Waals surface area contributed by atoms with Gasteiger partial charge < -0.3 is 4.74 Å². The second-order valence-corrected chi connectivity index (χ2v) is 6.20. The summed E-state index contributed by atoms with van der Waals surface area (Å²) in [6, 6.07) is 7.76. The van der Waals surface area contributed by atoms with Crippen molar-refractivity contribution in [2.75, 3.05) is 5.90 Å². The van der Waals surface area contributed by atoms with Gasteiger partial charge in [0.05, 0.1) is 5.92 Å². The van der Waals surface area contributed by atoms with Crippen molar-refractivity contribution in [2.45, 2.75) is 20.3 Å². The van der Waals surface area contributed by atoms with Gasteiger partial charge in [-0.05, 0) is 29.8 Å². The maximum absolute atomic E-state index is 11.5. The number of hydrogen-bond acceptors (Lipinski definition) is 2. The molecule has 4 heteroatoms. The maximum Gasteiger partial charge on any atom is 0.314 e. The van der Waals surface area contributed by atoms with Gasteiger partial charge in [-0.1, -0.05) is 34.6 Å². The predicted octanol–water partition coefficient (Wildman–Crippen LogP) is 2.77. The van der Waals surface area contributed by atoms with Gasteiger partial charge in [-0.3, -0.25) is 4.79 Å². The molecule has 2 nitrogen and oxygen atoms in total. The van der Waals surface area contributed by atoms with Gasteiger partial charge in [0.15, 0.2) is 0 Å². The Morgan fingerprint density at radius 1 is 1.44 bits per heavy atom. The molecule has 0 bridgehead atoms. The number of hydrogen-bond donors (Lipinski definition) is 0. The standard InChI is InChI=1S/C12H18O2P2/c1-3-9(2)12(13)14-10-4-6-11(7-5-10)16-8-15/h4-7,9,16H,3,8,15H2,1-2H3. The van der Waals surface area contributed by atoms with E-state index >= 15 is 0 Å². The van der Waals surface area contributed by atoms with Gasteiger partial charge in [0, 0.05) is 0 Å². The van der Waals surface area contributed by atoms with Gasteiger partial charge in [-0.15, -0.1) is 9.24 Å². The topological polar surface area (TPSA) is 26.3 Å². The lowest BCUT2D eigenvalue weighted by Crippen LogP contribution is -2.17. The number of carbonyl (C=O) groups excluding carboxylic acids is 1. The molecule has 0 heterocycles. The zero-order valence-electron chi connectivity index (χ0n) is 9.69. The Balaban J connectivity index is 2.58. The molecule has 0 radical (unpaired) electrons. The van der Waals surface area contributed by atoms with Crippen LogP contribution in [0.2, 0.25) is 0 Å². The Labute approximate surface area is 101 Å². The van der Waals surface area contributed by atoms with Crippen molar-refractivity contribution in [2.24, 2.45) is 5.92 Å². The largest absolute Gasteiger partial charge is 0.426 e. The van der Waals surface area contributed by atoms with E-state index < -0.39 is 0 Å². The molecule has 3 atom stereocenters. The molecule has 0 aliphatic carbocycles. The van der Waals surface area contributed by atoms with E-state index in [1.54, 1.807) is 0 Å². The van der Waals surface area contributed by atoms with Crippen molar-refractivity contribution in [3.05, 3.63) is 24.3 Å². The zero-order valence-corrected chi connectivity index (χ0v) is 11.8. The molecule has 16 heavy (non-hydrogen) atoms. The average Bonchev–Trinajstić information content (AvgIpc) is 2.31. The van der Waals surface area contributed by atoms with Crippen molar-refractivity contribution in [3.63, 3.8) is 0 Å². The number of rotatable bonds is 5. The molecule has 1 aromatic rings. The molecule has 88 valence electrons. The molecule has 0 aliphatic heterocycles. The molecule has 1 aromatic carbocycles. The summed E-state index contributed by atoms with van der Waals surface area (Å²) in [5, 5.41) is 1.29. The van der Waals surface area contributed by atoms with Crippen LogP contribution in [0.5, 0.6) is 5.75 Å². The zero-order chi connectivity index (χ0) is 12.0. The molecule has 0 amide bonds. The van der Waals surface area contributed by atoms with Crippen LogP contribution in [0.1, 0.15) is 20.3 Å². The van der Waals surface area contributed by atoms with E-state index in [9.17, 15) is 4.79 Å². The van der Waals surface area contributed by atoms with E-state index in [4.69, 9.17) is 4.74 Å². The van der Waals surface area contributed by atoms with Crippen molar-refractivity contribution >= 4 is 29.1 Å². The molecule has 0 aliphatic rings. The highest BCUT2D eigenvalue weighted by Gasteiger charge is 2.12. The second-order valence-electron chi connectivity index (χ2n) is 3.64. The normalized spacial score (nSPS) is 12.9. The summed E-state index contributed by atoms with van der Waals surface area (Å²) in [6.45, 7) is 3.86. The van der Waals surface area contributed by atoms with Gasteiger partial charge in [0.1, 0.15) is 5.75 Å².